The van der Waals surface area contributed by atoms with Gasteiger partial charge < -0.3 is 0 Å². The van der Waals surface area contributed by atoms with Crippen molar-refractivity contribution >= 4 is 11.8 Å². The van der Waals surface area contributed by atoms with Crippen LogP contribution in [0.3, 0.4) is 0 Å². The Kier molecular flexibility index (Phi) is 1.02. The second kappa shape index (κ2) is 1.80. The van der Waals surface area contributed by atoms with Crippen LogP contribution in [-0.4, -0.2) is 35.0 Å². The summed E-state index contributed by atoms with van der Waals surface area (Å²) in [6.45, 7) is 2.60. The van der Waals surface area contributed by atoms with Crippen LogP contribution in [0.1, 0.15) is 6.42 Å². The minimum Gasteiger partial charge on any atom is -0.292 e. The zero-order valence-corrected chi connectivity index (χ0v) is 6.73. The van der Waals surface area contributed by atoms with Gasteiger partial charge in [0.1, 0.15) is 0 Å². The number of rotatable bonds is 0. The highest BCUT2D eigenvalue weighted by molar-refractivity contribution is 8.00. The van der Waals surface area contributed by atoms with E-state index in [9.17, 15) is 0 Å². The summed E-state index contributed by atoms with van der Waals surface area (Å²) < 4.78 is 0. The summed E-state index contributed by atoms with van der Waals surface area (Å²) in [5, 5.41) is 0.966. The average Bonchev–Trinajstić information content (AvgIpc) is 2.56. The smallest absolute Gasteiger partial charge is 0.0438 e. The van der Waals surface area contributed by atoms with E-state index in [1.165, 1.54) is 25.3 Å². The van der Waals surface area contributed by atoms with Crippen LogP contribution in [0.25, 0.3) is 0 Å². The lowest BCUT2D eigenvalue weighted by Gasteiger charge is -2.15. The summed E-state index contributed by atoms with van der Waals surface area (Å²) in [7, 11) is 0. The van der Waals surface area contributed by atoms with Crippen LogP contribution >= 0.6 is 11.8 Å². The first-order valence-electron chi connectivity index (χ1n) is 4.00. The maximum Gasteiger partial charge on any atom is 0.0438 e. The monoisotopic (exact) mass is 153 g/mol. The highest BCUT2D eigenvalue weighted by atomic mass is 32.2. The van der Waals surface area contributed by atoms with Crippen LogP contribution in [0, 0.1) is 0 Å². The van der Waals surface area contributed by atoms with Crippen LogP contribution in [-0.2, 0) is 0 Å². The van der Waals surface area contributed by atoms with Gasteiger partial charge in [0.2, 0.25) is 0 Å². The highest BCUT2D eigenvalue weighted by Crippen LogP contribution is 2.43. The number of hydrogen-bond acceptors (Lipinski definition) is 2. The summed E-state index contributed by atoms with van der Waals surface area (Å²) in [5.41, 5.74) is 1.73. The van der Waals surface area contributed by atoms with Gasteiger partial charge in [0.05, 0.1) is 0 Å². The quantitative estimate of drug-likeness (QED) is 0.480. The molecule has 2 fully saturated rings. The highest BCUT2D eigenvalue weighted by Gasteiger charge is 2.43. The lowest BCUT2D eigenvalue weighted by Crippen LogP contribution is -2.27. The molecule has 3 aliphatic heterocycles. The van der Waals surface area contributed by atoms with Gasteiger partial charge in [0.25, 0.3) is 0 Å². The molecule has 0 aromatic heterocycles. The molecule has 0 aromatic rings. The second-order valence-electron chi connectivity index (χ2n) is 3.36. The van der Waals surface area contributed by atoms with Crippen LogP contribution in [0.4, 0.5) is 0 Å². The van der Waals surface area contributed by atoms with E-state index < -0.39 is 0 Å². The van der Waals surface area contributed by atoms with E-state index in [4.69, 9.17) is 0 Å². The fraction of sp³-hybridized carbons (Fsp3) is 0.750. The van der Waals surface area contributed by atoms with Gasteiger partial charge >= 0.3 is 0 Å². The van der Waals surface area contributed by atoms with Gasteiger partial charge in [-0.25, -0.2) is 0 Å². The molecule has 3 heterocycles. The van der Waals surface area contributed by atoms with Gasteiger partial charge in [0, 0.05) is 30.1 Å². The van der Waals surface area contributed by atoms with Gasteiger partial charge in [-0.2, -0.15) is 11.8 Å². The number of nitrogens with zero attached hydrogens (tertiary/aromatic N) is 1. The largest absolute Gasteiger partial charge is 0.292 e. The molecule has 3 rings (SSSR count). The normalized spacial score (nSPS) is 44.2. The third-order valence-corrected chi connectivity index (χ3v) is 4.30. The van der Waals surface area contributed by atoms with E-state index in [2.05, 4.69) is 22.7 Å². The first kappa shape index (κ1) is 5.67. The zero-order chi connectivity index (χ0) is 6.55. The summed E-state index contributed by atoms with van der Waals surface area (Å²) in [4.78, 5) is 2.62. The molecule has 2 heteroatoms. The maximum atomic E-state index is 2.62. The minimum atomic E-state index is 0.880. The second-order valence-corrected chi connectivity index (χ2v) is 4.58. The molecular weight excluding hydrogens is 142 g/mol. The van der Waals surface area contributed by atoms with Gasteiger partial charge in [-0.1, -0.05) is 6.08 Å². The van der Waals surface area contributed by atoms with Crippen molar-refractivity contribution in [2.75, 3.05) is 18.8 Å². The summed E-state index contributed by atoms with van der Waals surface area (Å²) in [5.74, 6) is 1.33. The van der Waals surface area contributed by atoms with Crippen LogP contribution in [0.2, 0.25) is 0 Å². The SMILES string of the molecule is C1=C2CSC3CCN(C1)C23. The molecule has 2 unspecified atom stereocenters. The molecule has 0 aliphatic carbocycles. The molecule has 0 bridgehead atoms. The fourth-order valence-electron chi connectivity index (χ4n) is 2.38. The van der Waals surface area contributed by atoms with E-state index in [0.29, 0.717) is 0 Å². The molecule has 0 saturated carbocycles. The molecule has 1 nitrogen and oxygen atoms in total. The summed E-state index contributed by atoms with van der Waals surface area (Å²) >= 11 is 2.17. The van der Waals surface area contributed by atoms with Gasteiger partial charge in [-0.15, -0.1) is 0 Å². The van der Waals surface area contributed by atoms with Crippen molar-refractivity contribution in [2.24, 2.45) is 0 Å². The summed E-state index contributed by atoms with van der Waals surface area (Å²) in [6.07, 6.45) is 3.88. The Morgan fingerprint density at radius 3 is 3.60 bits per heavy atom. The maximum absolute atomic E-state index is 2.62. The van der Waals surface area contributed by atoms with Crippen LogP contribution < -0.4 is 0 Å². The molecule has 0 amide bonds. The first-order chi connectivity index (χ1) is 4.95. The first-order valence-corrected chi connectivity index (χ1v) is 5.04. The van der Waals surface area contributed by atoms with Crippen molar-refractivity contribution in [2.45, 2.75) is 17.7 Å². The standard InChI is InChI=1S/C8H11NS/c1-3-9-4-2-7-8(9)6(1)5-10-7/h1,7-8H,2-5H2. The fourth-order valence-corrected chi connectivity index (χ4v) is 3.88. The van der Waals surface area contributed by atoms with Crippen molar-refractivity contribution in [3.05, 3.63) is 11.6 Å². The van der Waals surface area contributed by atoms with Crippen LogP contribution in [0.15, 0.2) is 11.6 Å². The molecule has 0 N–H and O–H groups in total. The van der Waals surface area contributed by atoms with Gasteiger partial charge in [-0.3, -0.25) is 4.90 Å². The Morgan fingerprint density at radius 1 is 1.60 bits per heavy atom. The Hall–Kier alpha value is 0.0500. The molecule has 10 heavy (non-hydrogen) atoms. The van der Waals surface area contributed by atoms with Crippen molar-refractivity contribution in [3.63, 3.8) is 0 Å². The van der Waals surface area contributed by atoms with Gasteiger partial charge in [-0.05, 0) is 12.0 Å². The predicted molar refractivity (Wildman–Crippen MR) is 44.3 cm³/mol. The minimum absolute atomic E-state index is 0.880. The third-order valence-electron chi connectivity index (χ3n) is 2.88. The lowest BCUT2D eigenvalue weighted by molar-refractivity contribution is 0.341. The summed E-state index contributed by atoms with van der Waals surface area (Å²) in [6, 6.07) is 0.880. The number of hydrogen-bond donors (Lipinski definition) is 0. The Morgan fingerprint density at radius 2 is 2.60 bits per heavy atom. The van der Waals surface area contributed by atoms with E-state index in [1.54, 1.807) is 5.57 Å². The predicted octanol–water partition coefficient (Wildman–Crippen LogP) is 1.12. The molecule has 0 spiro atoms. The van der Waals surface area contributed by atoms with Crippen molar-refractivity contribution in [3.8, 4) is 0 Å². The molecular formula is C8H11NS. The van der Waals surface area contributed by atoms with E-state index >= 15 is 0 Å². The molecule has 2 atom stereocenters. The van der Waals surface area contributed by atoms with Crippen LogP contribution in [0.5, 0.6) is 0 Å². The topological polar surface area (TPSA) is 3.24 Å². The van der Waals surface area contributed by atoms with E-state index in [0.717, 1.165) is 11.3 Å². The Labute approximate surface area is 65.5 Å². The van der Waals surface area contributed by atoms with Crippen molar-refractivity contribution in [1.29, 1.82) is 0 Å². The van der Waals surface area contributed by atoms with Crippen molar-refractivity contribution in [1.82, 2.24) is 4.90 Å². The lowest BCUT2D eigenvalue weighted by atomic mass is 10.1. The van der Waals surface area contributed by atoms with Gasteiger partial charge in [0.15, 0.2) is 0 Å². The Bertz CT molecular complexity index is 199. The molecule has 54 valence electrons. The Balaban J connectivity index is 2.03. The molecule has 0 aromatic carbocycles. The molecule has 3 aliphatic rings. The van der Waals surface area contributed by atoms with E-state index in [-0.39, 0.29) is 0 Å². The molecule has 2 saturated heterocycles. The molecule has 0 radical (unpaired) electrons. The zero-order valence-electron chi connectivity index (χ0n) is 5.92. The van der Waals surface area contributed by atoms with E-state index in [1.807, 2.05) is 0 Å². The van der Waals surface area contributed by atoms with Crippen molar-refractivity contribution < 1.29 is 0 Å². The third kappa shape index (κ3) is 0.547. The average molecular weight is 153 g/mol. The number of thioether (sulfide) groups is 1.